The van der Waals surface area contributed by atoms with Crippen LogP contribution in [0.2, 0.25) is 10.0 Å². The highest BCUT2D eigenvalue weighted by atomic mass is 35.5. The van der Waals surface area contributed by atoms with Crippen molar-refractivity contribution in [2.45, 2.75) is 12.5 Å². The fourth-order valence-electron chi connectivity index (χ4n) is 4.66. The first-order valence-electron chi connectivity index (χ1n) is 11.5. The summed E-state index contributed by atoms with van der Waals surface area (Å²) < 4.78 is 15.4. The highest BCUT2D eigenvalue weighted by Crippen LogP contribution is 2.35. The summed E-state index contributed by atoms with van der Waals surface area (Å²) in [5, 5.41) is 5.23. The molecule has 7 nitrogen and oxygen atoms in total. The highest BCUT2D eigenvalue weighted by molar-refractivity contribution is 7.80. The van der Waals surface area contributed by atoms with E-state index in [4.69, 9.17) is 41.2 Å². The lowest BCUT2D eigenvalue weighted by atomic mass is 10.1. The van der Waals surface area contributed by atoms with Gasteiger partial charge in [0.2, 0.25) is 0 Å². The number of nitrogens with zero attached hydrogens (tertiary/aromatic N) is 5. The number of hydrazone groups is 1. The normalized spacial score (nSPS) is 18.7. The SMILES string of the molecule is CN(C)[C@@H]1CCN(c2cc(N3CCN(c4cccc(Cl)c4Cl)CC3)c(F)cc2C=NNC(N)=S)C1. The number of anilines is 3. The predicted molar refractivity (Wildman–Crippen MR) is 149 cm³/mol. The van der Waals surface area contributed by atoms with E-state index in [1.807, 2.05) is 18.2 Å². The fraction of sp³-hybridized carbons (Fsp3) is 0.417. The maximum atomic E-state index is 15.4. The average molecular weight is 539 g/mol. The van der Waals surface area contributed by atoms with Crippen LogP contribution in [-0.2, 0) is 0 Å². The first-order valence-corrected chi connectivity index (χ1v) is 12.7. The van der Waals surface area contributed by atoms with Crippen LogP contribution >= 0.6 is 35.4 Å². The lowest BCUT2D eigenvalue weighted by Gasteiger charge is -2.38. The molecular weight excluding hydrogens is 508 g/mol. The van der Waals surface area contributed by atoms with Crippen molar-refractivity contribution in [3.63, 3.8) is 0 Å². The summed E-state index contributed by atoms with van der Waals surface area (Å²) in [7, 11) is 4.18. The quantitative estimate of drug-likeness (QED) is 0.330. The van der Waals surface area contributed by atoms with Gasteiger partial charge in [-0.1, -0.05) is 29.3 Å². The summed E-state index contributed by atoms with van der Waals surface area (Å²) in [6, 6.07) is 9.56. The van der Waals surface area contributed by atoms with Crippen LogP contribution in [0.25, 0.3) is 0 Å². The summed E-state index contributed by atoms with van der Waals surface area (Å²) in [4.78, 5) is 8.79. The molecule has 11 heteroatoms. The molecule has 0 aliphatic carbocycles. The number of halogens is 3. The summed E-state index contributed by atoms with van der Waals surface area (Å²) in [6.07, 6.45) is 2.61. The van der Waals surface area contributed by atoms with E-state index in [1.165, 1.54) is 0 Å². The van der Waals surface area contributed by atoms with E-state index in [-0.39, 0.29) is 10.9 Å². The van der Waals surface area contributed by atoms with Gasteiger partial charge in [0.1, 0.15) is 5.82 Å². The molecule has 4 rings (SSSR count). The molecule has 1 atom stereocenters. The summed E-state index contributed by atoms with van der Waals surface area (Å²) in [5.74, 6) is -0.289. The second-order valence-corrected chi connectivity index (χ2v) is 10.2. The van der Waals surface area contributed by atoms with E-state index in [9.17, 15) is 0 Å². The van der Waals surface area contributed by atoms with Crippen LogP contribution in [0.5, 0.6) is 0 Å². The topological polar surface area (TPSA) is 63.4 Å². The number of nitrogens with two attached hydrogens (primary N) is 1. The Hall–Kier alpha value is -2.33. The van der Waals surface area contributed by atoms with Gasteiger partial charge < -0.3 is 25.3 Å². The third-order valence-corrected chi connectivity index (χ3v) is 7.50. The molecule has 2 aromatic rings. The highest BCUT2D eigenvalue weighted by Gasteiger charge is 2.28. The Morgan fingerprint density at radius 1 is 1.09 bits per heavy atom. The molecule has 2 saturated heterocycles. The van der Waals surface area contributed by atoms with Crippen LogP contribution in [0, 0.1) is 5.82 Å². The van der Waals surface area contributed by atoms with Crippen LogP contribution in [-0.4, -0.2) is 75.6 Å². The first-order chi connectivity index (χ1) is 16.7. The molecule has 0 unspecified atom stereocenters. The minimum Gasteiger partial charge on any atom is -0.375 e. The minimum absolute atomic E-state index is 0.0615. The molecule has 0 radical (unpaired) electrons. The van der Waals surface area contributed by atoms with Gasteiger partial charge in [-0.25, -0.2) is 4.39 Å². The molecule has 35 heavy (non-hydrogen) atoms. The number of piperazine rings is 1. The fourth-order valence-corrected chi connectivity index (χ4v) is 5.13. The number of benzene rings is 2. The van der Waals surface area contributed by atoms with Gasteiger partial charge in [-0.3, -0.25) is 5.43 Å². The van der Waals surface area contributed by atoms with E-state index >= 15 is 4.39 Å². The van der Waals surface area contributed by atoms with E-state index in [0.717, 1.165) is 30.9 Å². The van der Waals surface area contributed by atoms with Crippen molar-refractivity contribution in [3.8, 4) is 0 Å². The maximum absolute atomic E-state index is 15.4. The van der Waals surface area contributed by atoms with Crippen molar-refractivity contribution in [1.29, 1.82) is 0 Å². The van der Waals surface area contributed by atoms with Crippen molar-refractivity contribution >= 4 is 63.8 Å². The van der Waals surface area contributed by atoms with Gasteiger partial charge in [0, 0.05) is 56.6 Å². The molecule has 0 bridgehead atoms. The first kappa shape index (κ1) is 25.8. The van der Waals surface area contributed by atoms with Gasteiger partial charge in [0.05, 0.1) is 27.6 Å². The van der Waals surface area contributed by atoms with Crippen LogP contribution in [0.4, 0.5) is 21.5 Å². The zero-order chi connectivity index (χ0) is 25.1. The smallest absolute Gasteiger partial charge is 0.184 e. The molecule has 0 saturated carbocycles. The number of thiocarbonyl (C=S) groups is 1. The Morgan fingerprint density at radius 3 is 2.40 bits per heavy atom. The molecular formula is C24H30Cl2FN7S. The third-order valence-electron chi connectivity index (χ3n) is 6.60. The molecule has 0 aromatic heterocycles. The largest absolute Gasteiger partial charge is 0.375 e. The number of nitrogens with one attached hydrogen (secondary N) is 1. The summed E-state index contributed by atoms with van der Waals surface area (Å²) in [6.45, 7) is 4.50. The zero-order valence-electron chi connectivity index (χ0n) is 19.8. The molecule has 0 spiro atoms. The van der Waals surface area contributed by atoms with Gasteiger partial charge >= 0.3 is 0 Å². The summed E-state index contributed by atoms with van der Waals surface area (Å²) in [5.41, 5.74) is 11.2. The molecule has 2 aliphatic rings. The Morgan fingerprint density at radius 2 is 1.77 bits per heavy atom. The molecule has 3 N–H and O–H groups in total. The standard InChI is InChI=1S/C24H30Cl2FN7S/c1-31(2)17-6-7-34(15-17)21-13-22(19(27)12-16(21)14-29-30-24(28)35)33-10-8-32(9-11-33)20-5-3-4-18(25)23(20)26/h3-5,12-14,17H,6-11,15H2,1-2H3,(H3,28,30,35)/t17-/m1/s1. The second kappa shape index (κ2) is 11.2. The van der Waals surface area contributed by atoms with E-state index < -0.39 is 0 Å². The molecule has 2 aromatic carbocycles. The number of hydrogen-bond donors (Lipinski definition) is 2. The Bertz CT molecular complexity index is 1110. The molecule has 2 heterocycles. The van der Waals surface area contributed by atoms with Gasteiger partial charge in [-0.2, -0.15) is 5.10 Å². The van der Waals surface area contributed by atoms with Gasteiger partial charge in [0.25, 0.3) is 0 Å². The Labute approximate surface area is 221 Å². The van der Waals surface area contributed by atoms with Gasteiger partial charge in [0.15, 0.2) is 5.11 Å². The Balaban J connectivity index is 1.57. The third kappa shape index (κ3) is 5.91. The molecule has 0 amide bonds. The molecule has 2 aliphatic heterocycles. The van der Waals surface area contributed by atoms with Crippen molar-refractivity contribution in [2.24, 2.45) is 10.8 Å². The Kier molecular flexibility index (Phi) is 8.21. The van der Waals surface area contributed by atoms with Crippen molar-refractivity contribution < 1.29 is 4.39 Å². The number of hydrogen-bond acceptors (Lipinski definition) is 6. The van der Waals surface area contributed by atoms with Gasteiger partial charge in [-0.15, -0.1) is 0 Å². The zero-order valence-corrected chi connectivity index (χ0v) is 22.2. The van der Waals surface area contributed by atoms with E-state index in [0.29, 0.717) is 53.5 Å². The van der Waals surface area contributed by atoms with Crippen molar-refractivity contribution in [2.75, 3.05) is 68.1 Å². The number of likely N-dealkylation sites (N-methyl/N-ethyl adjacent to an activating group) is 1. The lowest BCUT2D eigenvalue weighted by molar-refractivity contribution is 0.315. The lowest BCUT2D eigenvalue weighted by Crippen LogP contribution is -2.47. The van der Waals surface area contributed by atoms with Crippen molar-refractivity contribution in [3.05, 3.63) is 51.8 Å². The van der Waals surface area contributed by atoms with Crippen LogP contribution in [0.1, 0.15) is 12.0 Å². The molecule has 188 valence electrons. The number of rotatable bonds is 6. The predicted octanol–water partition coefficient (Wildman–Crippen LogP) is 3.77. The maximum Gasteiger partial charge on any atom is 0.184 e. The van der Waals surface area contributed by atoms with Crippen LogP contribution in [0.15, 0.2) is 35.4 Å². The van der Waals surface area contributed by atoms with Gasteiger partial charge in [-0.05, 0) is 57.0 Å². The summed E-state index contributed by atoms with van der Waals surface area (Å²) >= 11 is 17.4. The van der Waals surface area contributed by atoms with E-state index in [1.54, 1.807) is 18.3 Å². The molecule has 2 fully saturated rings. The van der Waals surface area contributed by atoms with Crippen LogP contribution in [0.3, 0.4) is 0 Å². The van der Waals surface area contributed by atoms with Crippen molar-refractivity contribution in [1.82, 2.24) is 10.3 Å². The van der Waals surface area contributed by atoms with E-state index in [2.05, 4.69) is 44.2 Å². The second-order valence-electron chi connectivity index (χ2n) is 9.00. The monoisotopic (exact) mass is 537 g/mol. The van der Waals surface area contributed by atoms with Crippen LogP contribution < -0.4 is 25.9 Å². The average Bonchev–Trinajstić information content (AvgIpc) is 3.32. The minimum atomic E-state index is -0.289.